The molecule has 0 aliphatic carbocycles. The van der Waals surface area contributed by atoms with Gasteiger partial charge in [0, 0.05) is 24.9 Å². The van der Waals surface area contributed by atoms with E-state index in [1.165, 1.54) is 0 Å². The quantitative estimate of drug-likeness (QED) is 0.762. The van der Waals surface area contributed by atoms with Crippen LogP contribution in [0.3, 0.4) is 0 Å². The molecule has 0 aromatic heterocycles. The van der Waals surface area contributed by atoms with Gasteiger partial charge in [0.1, 0.15) is 0 Å². The molecule has 0 spiro atoms. The largest absolute Gasteiger partial charge is 0.398 e. The number of nitrogen functional groups attached to an aromatic ring is 1. The van der Waals surface area contributed by atoms with E-state index in [2.05, 4.69) is 5.32 Å². The Balaban J connectivity index is 2.06. The third-order valence-corrected chi connectivity index (χ3v) is 3.13. The predicted molar refractivity (Wildman–Crippen MR) is 66.9 cm³/mol. The molecular weight excluding hydrogens is 216 g/mol. The van der Waals surface area contributed by atoms with Crippen molar-refractivity contribution in [3.05, 3.63) is 29.3 Å². The maximum Gasteiger partial charge on any atom is 0.253 e. The van der Waals surface area contributed by atoms with Gasteiger partial charge in [-0.15, -0.1) is 0 Å². The van der Waals surface area contributed by atoms with Crippen LogP contribution in [0.15, 0.2) is 18.2 Å². The third kappa shape index (κ3) is 2.77. The van der Waals surface area contributed by atoms with Crippen LogP contribution in [0.25, 0.3) is 0 Å². The van der Waals surface area contributed by atoms with Crippen LogP contribution in [0.1, 0.15) is 28.8 Å². The van der Waals surface area contributed by atoms with E-state index in [9.17, 15) is 4.79 Å². The van der Waals surface area contributed by atoms with Gasteiger partial charge in [0.25, 0.3) is 5.91 Å². The summed E-state index contributed by atoms with van der Waals surface area (Å²) in [4.78, 5) is 12.1. The first-order chi connectivity index (χ1) is 8.18. The molecule has 1 saturated heterocycles. The first-order valence-electron chi connectivity index (χ1n) is 5.92. The van der Waals surface area contributed by atoms with Crippen molar-refractivity contribution in [3.8, 4) is 0 Å². The van der Waals surface area contributed by atoms with E-state index in [4.69, 9.17) is 10.5 Å². The summed E-state index contributed by atoms with van der Waals surface area (Å²) < 4.78 is 5.25. The summed E-state index contributed by atoms with van der Waals surface area (Å²) in [7, 11) is 0. The molecule has 0 unspecified atom stereocenters. The minimum atomic E-state index is -0.0851. The highest BCUT2D eigenvalue weighted by Crippen LogP contribution is 2.17. The minimum absolute atomic E-state index is 0.0851. The predicted octanol–water partition coefficient (Wildman–Crippen LogP) is 1.49. The molecule has 0 atom stereocenters. The molecule has 1 aliphatic rings. The van der Waals surface area contributed by atoms with Crippen LogP contribution in [0.4, 0.5) is 5.69 Å². The van der Waals surface area contributed by atoms with Gasteiger partial charge >= 0.3 is 0 Å². The normalized spacial score (nSPS) is 16.8. The number of benzene rings is 1. The molecule has 1 aliphatic heterocycles. The highest BCUT2D eigenvalue weighted by atomic mass is 16.5. The number of carbonyl (C=O) groups excluding carboxylic acids is 1. The SMILES string of the molecule is Cc1cccc(C(=O)NC2CCOCC2)c1N. The molecule has 4 heteroatoms. The average molecular weight is 234 g/mol. The minimum Gasteiger partial charge on any atom is -0.398 e. The lowest BCUT2D eigenvalue weighted by molar-refractivity contribution is 0.0697. The molecule has 0 saturated carbocycles. The number of para-hydroxylation sites is 1. The molecule has 0 bridgehead atoms. The molecule has 1 fully saturated rings. The molecule has 92 valence electrons. The number of ether oxygens (including phenoxy) is 1. The van der Waals surface area contributed by atoms with E-state index < -0.39 is 0 Å². The van der Waals surface area contributed by atoms with E-state index in [1.807, 2.05) is 19.1 Å². The van der Waals surface area contributed by atoms with E-state index in [-0.39, 0.29) is 11.9 Å². The number of rotatable bonds is 2. The van der Waals surface area contributed by atoms with Crippen LogP contribution in [-0.4, -0.2) is 25.2 Å². The lowest BCUT2D eigenvalue weighted by Gasteiger charge is -2.23. The Labute approximate surface area is 101 Å². The summed E-state index contributed by atoms with van der Waals surface area (Å²) in [5.41, 5.74) is 7.97. The summed E-state index contributed by atoms with van der Waals surface area (Å²) in [6.45, 7) is 3.34. The molecule has 2 rings (SSSR count). The maximum absolute atomic E-state index is 12.1. The molecule has 0 radical (unpaired) electrons. The van der Waals surface area contributed by atoms with Crippen molar-refractivity contribution in [3.63, 3.8) is 0 Å². The monoisotopic (exact) mass is 234 g/mol. The first kappa shape index (κ1) is 11.9. The molecule has 1 amide bonds. The Hall–Kier alpha value is -1.55. The van der Waals surface area contributed by atoms with Crippen molar-refractivity contribution < 1.29 is 9.53 Å². The van der Waals surface area contributed by atoms with Crippen LogP contribution in [0.5, 0.6) is 0 Å². The molecule has 1 heterocycles. The van der Waals surface area contributed by atoms with Gasteiger partial charge in [-0.2, -0.15) is 0 Å². The van der Waals surface area contributed by atoms with Crippen LogP contribution in [0, 0.1) is 6.92 Å². The third-order valence-electron chi connectivity index (χ3n) is 3.13. The first-order valence-corrected chi connectivity index (χ1v) is 5.92. The number of carbonyl (C=O) groups is 1. The fourth-order valence-corrected chi connectivity index (χ4v) is 1.98. The molecular formula is C13H18N2O2. The highest BCUT2D eigenvalue weighted by molar-refractivity contribution is 5.99. The summed E-state index contributed by atoms with van der Waals surface area (Å²) in [6, 6.07) is 5.72. The van der Waals surface area contributed by atoms with Crippen LogP contribution in [-0.2, 0) is 4.74 Å². The van der Waals surface area contributed by atoms with Crippen LogP contribution < -0.4 is 11.1 Å². The standard InChI is InChI=1S/C13H18N2O2/c1-9-3-2-4-11(12(9)14)13(16)15-10-5-7-17-8-6-10/h2-4,10H,5-8,14H2,1H3,(H,15,16). The fourth-order valence-electron chi connectivity index (χ4n) is 1.98. The van der Waals surface area contributed by atoms with E-state index in [0.717, 1.165) is 18.4 Å². The van der Waals surface area contributed by atoms with Crippen molar-refractivity contribution in [2.45, 2.75) is 25.8 Å². The Morgan fingerprint density at radius 1 is 1.41 bits per heavy atom. The van der Waals surface area contributed by atoms with Crippen molar-refractivity contribution in [1.29, 1.82) is 0 Å². The number of hydrogen-bond acceptors (Lipinski definition) is 3. The number of anilines is 1. The molecule has 1 aromatic rings. The summed E-state index contributed by atoms with van der Waals surface area (Å²) in [5, 5.41) is 3.00. The summed E-state index contributed by atoms with van der Waals surface area (Å²) in [6.07, 6.45) is 1.74. The zero-order valence-electron chi connectivity index (χ0n) is 10.0. The number of nitrogens with two attached hydrogens (primary N) is 1. The van der Waals surface area contributed by atoms with Gasteiger partial charge in [0.05, 0.1) is 5.56 Å². The van der Waals surface area contributed by atoms with Gasteiger partial charge in [0.15, 0.2) is 0 Å². The van der Waals surface area contributed by atoms with E-state index in [0.29, 0.717) is 24.5 Å². The topological polar surface area (TPSA) is 64.3 Å². The van der Waals surface area contributed by atoms with Crippen LogP contribution in [0.2, 0.25) is 0 Å². The number of nitrogens with one attached hydrogen (secondary N) is 1. The smallest absolute Gasteiger partial charge is 0.253 e. The van der Waals surface area contributed by atoms with Gasteiger partial charge in [-0.1, -0.05) is 12.1 Å². The van der Waals surface area contributed by atoms with E-state index >= 15 is 0 Å². The Morgan fingerprint density at radius 2 is 2.12 bits per heavy atom. The second-order valence-corrected chi connectivity index (χ2v) is 4.40. The lowest BCUT2D eigenvalue weighted by atomic mass is 10.1. The molecule has 3 N–H and O–H groups in total. The highest BCUT2D eigenvalue weighted by Gasteiger charge is 2.18. The van der Waals surface area contributed by atoms with E-state index in [1.54, 1.807) is 6.07 Å². The molecule has 4 nitrogen and oxygen atoms in total. The molecule has 17 heavy (non-hydrogen) atoms. The van der Waals surface area contributed by atoms with Gasteiger partial charge < -0.3 is 15.8 Å². The number of aryl methyl sites for hydroxylation is 1. The second-order valence-electron chi connectivity index (χ2n) is 4.40. The zero-order valence-corrected chi connectivity index (χ0v) is 10.0. The zero-order chi connectivity index (χ0) is 12.3. The van der Waals surface area contributed by atoms with Crippen molar-refractivity contribution in [2.24, 2.45) is 0 Å². The number of hydrogen-bond donors (Lipinski definition) is 2. The van der Waals surface area contributed by atoms with Gasteiger partial charge in [-0.05, 0) is 31.4 Å². The van der Waals surface area contributed by atoms with Crippen molar-refractivity contribution in [2.75, 3.05) is 18.9 Å². The van der Waals surface area contributed by atoms with Gasteiger partial charge in [0.2, 0.25) is 0 Å². The Bertz CT molecular complexity index is 412. The van der Waals surface area contributed by atoms with Crippen molar-refractivity contribution >= 4 is 11.6 Å². The van der Waals surface area contributed by atoms with Crippen molar-refractivity contribution in [1.82, 2.24) is 5.32 Å². The van der Waals surface area contributed by atoms with Gasteiger partial charge in [-0.25, -0.2) is 0 Å². The Morgan fingerprint density at radius 3 is 2.82 bits per heavy atom. The van der Waals surface area contributed by atoms with Crippen LogP contribution >= 0.6 is 0 Å². The lowest BCUT2D eigenvalue weighted by Crippen LogP contribution is -2.39. The van der Waals surface area contributed by atoms with Gasteiger partial charge in [-0.3, -0.25) is 4.79 Å². The average Bonchev–Trinajstić information content (AvgIpc) is 2.34. The maximum atomic E-state index is 12.1. The number of amides is 1. The second kappa shape index (κ2) is 5.19. The molecule has 1 aromatic carbocycles. The summed E-state index contributed by atoms with van der Waals surface area (Å²) in [5.74, 6) is -0.0851. The fraction of sp³-hybridized carbons (Fsp3) is 0.462. The summed E-state index contributed by atoms with van der Waals surface area (Å²) >= 11 is 0. The Kier molecular flexibility index (Phi) is 3.64.